The Morgan fingerprint density at radius 3 is 2.42 bits per heavy atom. The molecule has 0 radical (unpaired) electrons. The van der Waals surface area contributed by atoms with Crippen LogP contribution in [-0.2, 0) is 9.59 Å². The molecule has 1 atom stereocenters. The molecule has 1 unspecified atom stereocenters. The van der Waals surface area contributed by atoms with Gasteiger partial charge in [-0.1, -0.05) is 48.5 Å². The first kappa shape index (κ1) is 22.4. The van der Waals surface area contributed by atoms with Gasteiger partial charge in [0.05, 0.1) is 5.25 Å². The third kappa shape index (κ3) is 6.59. The molecule has 2 N–H and O–H groups in total. The molecule has 0 saturated carbocycles. The van der Waals surface area contributed by atoms with Crippen LogP contribution in [0.2, 0.25) is 0 Å². The summed E-state index contributed by atoms with van der Waals surface area (Å²) in [6.07, 6.45) is 3.28. The number of hydrogen-bond donors (Lipinski definition) is 2. The summed E-state index contributed by atoms with van der Waals surface area (Å²) in [5.41, 5.74) is 4.70. The monoisotopic (exact) mass is 430 g/mol. The van der Waals surface area contributed by atoms with Crippen LogP contribution in [0.3, 0.4) is 0 Å². The molecule has 0 spiro atoms. The highest BCUT2D eigenvalue weighted by atomic mass is 32.2. The Hall–Kier alpha value is -3.31. The number of aryl methyl sites for hydroxylation is 1. The van der Waals surface area contributed by atoms with Gasteiger partial charge in [-0.25, -0.2) is 0 Å². The lowest BCUT2D eigenvalue weighted by atomic mass is 10.1. The Kier molecular flexibility index (Phi) is 7.68. The number of hydrogen-bond acceptors (Lipinski definition) is 3. The number of carbonyl (C=O) groups is 2. The van der Waals surface area contributed by atoms with Crippen molar-refractivity contribution in [1.82, 2.24) is 0 Å². The Morgan fingerprint density at radius 2 is 1.65 bits per heavy atom. The van der Waals surface area contributed by atoms with Crippen LogP contribution in [0, 0.1) is 13.8 Å². The topological polar surface area (TPSA) is 58.2 Å². The van der Waals surface area contributed by atoms with Crippen LogP contribution in [0.1, 0.15) is 23.6 Å². The van der Waals surface area contributed by atoms with Gasteiger partial charge in [0.1, 0.15) is 0 Å². The molecule has 0 heterocycles. The van der Waals surface area contributed by atoms with Gasteiger partial charge in [0.25, 0.3) is 0 Å². The zero-order chi connectivity index (χ0) is 22.2. The van der Waals surface area contributed by atoms with Gasteiger partial charge >= 0.3 is 0 Å². The molecule has 3 rings (SSSR count). The van der Waals surface area contributed by atoms with Crippen molar-refractivity contribution in [3.63, 3.8) is 0 Å². The van der Waals surface area contributed by atoms with Crippen LogP contribution in [0.25, 0.3) is 6.08 Å². The van der Waals surface area contributed by atoms with Crippen molar-refractivity contribution in [2.75, 3.05) is 10.6 Å². The van der Waals surface area contributed by atoms with Crippen molar-refractivity contribution in [3.05, 3.63) is 95.6 Å². The Balaban J connectivity index is 1.59. The minimum absolute atomic E-state index is 0.0565. The van der Waals surface area contributed by atoms with E-state index in [1.54, 1.807) is 6.08 Å². The average molecular weight is 431 g/mol. The summed E-state index contributed by atoms with van der Waals surface area (Å²) in [5, 5.41) is 5.59. The van der Waals surface area contributed by atoms with E-state index in [0.29, 0.717) is 5.69 Å². The van der Waals surface area contributed by atoms with E-state index in [-0.39, 0.29) is 17.1 Å². The van der Waals surface area contributed by atoms with Gasteiger partial charge in [0, 0.05) is 22.3 Å². The van der Waals surface area contributed by atoms with Gasteiger partial charge in [0.2, 0.25) is 11.8 Å². The van der Waals surface area contributed by atoms with Gasteiger partial charge < -0.3 is 10.6 Å². The van der Waals surface area contributed by atoms with Crippen molar-refractivity contribution in [3.8, 4) is 0 Å². The second kappa shape index (κ2) is 10.6. The zero-order valence-electron chi connectivity index (χ0n) is 17.9. The van der Waals surface area contributed by atoms with Crippen molar-refractivity contribution in [2.45, 2.75) is 30.9 Å². The van der Waals surface area contributed by atoms with Crippen molar-refractivity contribution in [1.29, 1.82) is 0 Å². The third-order valence-electron chi connectivity index (χ3n) is 4.87. The fraction of sp³-hybridized carbons (Fsp3) is 0.154. The predicted octanol–water partition coefficient (Wildman–Crippen LogP) is 6.07. The van der Waals surface area contributed by atoms with E-state index >= 15 is 0 Å². The molecule has 0 bridgehead atoms. The van der Waals surface area contributed by atoms with Gasteiger partial charge in [-0.3, -0.25) is 9.59 Å². The number of carbonyl (C=O) groups excluding carboxylic acids is 2. The van der Waals surface area contributed by atoms with Gasteiger partial charge in [-0.15, -0.1) is 11.8 Å². The molecule has 2 amide bonds. The molecule has 5 heteroatoms. The van der Waals surface area contributed by atoms with Crippen molar-refractivity contribution >= 4 is 41.0 Å². The Morgan fingerprint density at radius 1 is 0.903 bits per heavy atom. The largest absolute Gasteiger partial charge is 0.325 e. The maximum atomic E-state index is 12.7. The third-order valence-corrected chi connectivity index (χ3v) is 5.97. The van der Waals surface area contributed by atoms with E-state index in [0.717, 1.165) is 27.3 Å². The van der Waals surface area contributed by atoms with E-state index in [4.69, 9.17) is 0 Å². The lowest BCUT2D eigenvalue weighted by Crippen LogP contribution is -2.23. The normalized spacial score (nSPS) is 11.8. The highest BCUT2D eigenvalue weighted by Gasteiger charge is 2.16. The SMILES string of the molecule is Cc1cccc(NC(=O)C(C)Sc2cccc(NC(=O)/C=C/c3ccccc3)c2)c1C. The Bertz CT molecular complexity index is 1090. The fourth-order valence-electron chi connectivity index (χ4n) is 2.95. The van der Waals surface area contributed by atoms with Gasteiger partial charge in [-0.2, -0.15) is 0 Å². The number of benzene rings is 3. The van der Waals surface area contributed by atoms with E-state index in [2.05, 4.69) is 10.6 Å². The quantitative estimate of drug-likeness (QED) is 0.353. The maximum Gasteiger partial charge on any atom is 0.248 e. The molecule has 3 aromatic rings. The molecule has 31 heavy (non-hydrogen) atoms. The van der Waals surface area contributed by atoms with E-state index in [1.165, 1.54) is 17.8 Å². The number of rotatable bonds is 7. The van der Waals surface area contributed by atoms with Crippen LogP contribution in [0.5, 0.6) is 0 Å². The molecule has 158 valence electrons. The number of nitrogens with one attached hydrogen (secondary N) is 2. The van der Waals surface area contributed by atoms with E-state index in [9.17, 15) is 9.59 Å². The fourth-order valence-corrected chi connectivity index (χ4v) is 3.87. The van der Waals surface area contributed by atoms with Gasteiger partial charge in [-0.05, 0) is 67.8 Å². The Labute approximate surface area is 187 Å². The minimum Gasteiger partial charge on any atom is -0.325 e. The zero-order valence-corrected chi connectivity index (χ0v) is 18.7. The lowest BCUT2D eigenvalue weighted by molar-refractivity contribution is -0.115. The number of amides is 2. The standard InChI is InChI=1S/C26H26N2O2S/c1-18-9-7-14-24(19(18)2)28-26(30)20(3)31-23-13-8-12-22(17-23)27-25(29)16-15-21-10-5-4-6-11-21/h4-17,20H,1-3H3,(H,27,29)(H,28,30)/b16-15+. The van der Waals surface area contributed by atoms with E-state index < -0.39 is 0 Å². The number of anilines is 2. The maximum absolute atomic E-state index is 12.7. The first-order valence-electron chi connectivity index (χ1n) is 10.1. The summed E-state index contributed by atoms with van der Waals surface area (Å²) in [6, 6.07) is 23.0. The smallest absolute Gasteiger partial charge is 0.248 e. The second-order valence-corrected chi connectivity index (χ2v) is 8.67. The second-order valence-electron chi connectivity index (χ2n) is 7.26. The summed E-state index contributed by atoms with van der Waals surface area (Å²) in [5.74, 6) is -0.259. The summed E-state index contributed by atoms with van der Waals surface area (Å²) in [7, 11) is 0. The van der Waals surface area contributed by atoms with Crippen LogP contribution in [0.15, 0.2) is 83.8 Å². The highest BCUT2D eigenvalue weighted by molar-refractivity contribution is 8.00. The van der Waals surface area contributed by atoms with Crippen LogP contribution in [0.4, 0.5) is 11.4 Å². The molecule has 4 nitrogen and oxygen atoms in total. The molecule has 3 aromatic carbocycles. The van der Waals surface area contributed by atoms with E-state index in [1.807, 2.05) is 93.6 Å². The van der Waals surface area contributed by atoms with Crippen molar-refractivity contribution < 1.29 is 9.59 Å². The molecule has 0 fully saturated rings. The average Bonchev–Trinajstić information content (AvgIpc) is 2.76. The summed E-state index contributed by atoms with van der Waals surface area (Å²) in [6.45, 7) is 5.90. The molecular formula is C26H26N2O2S. The lowest BCUT2D eigenvalue weighted by Gasteiger charge is -2.15. The highest BCUT2D eigenvalue weighted by Crippen LogP contribution is 2.27. The first-order valence-corrected chi connectivity index (χ1v) is 11.0. The predicted molar refractivity (Wildman–Crippen MR) is 130 cm³/mol. The summed E-state index contributed by atoms with van der Waals surface area (Å²) < 4.78 is 0. The van der Waals surface area contributed by atoms with Crippen LogP contribution >= 0.6 is 11.8 Å². The summed E-state index contributed by atoms with van der Waals surface area (Å²) >= 11 is 1.45. The molecular weight excluding hydrogens is 404 g/mol. The minimum atomic E-state index is -0.288. The summed E-state index contributed by atoms with van der Waals surface area (Å²) in [4.78, 5) is 25.8. The number of thioether (sulfide) groups is 1. The molecule has 0 aliphatic carbocycles. The van der Waals surface area contributed by atoms with Crippen LogP contribution < -0.4 is 10.6 Å². The van der Waals surface area contributed by atoms with Crippen molar-refractivity contribution in [2.24, 2.45) is 0 Å². The molecule has 0 aliphatic rings. The van der Waals surface area contributed by atoms with Crippen LogP contribution in [-0.4, -0.2) is 17.1 Å². The molecule has 0 aliphatic heterocycles. The molecule has 0 saturated heterocycles. The first-order chi connectivity index (χ1) is 14.9. The van der Waals surface area contributed by atoms with Gasteiger partial charge in [0.15, 0.2) is 0 Å². The molecule has 0 aromatic heterocycles.